The molecular formula is C10H13ClS. The van der Waals surface area contributed by atoms with Gasteiger partial charge in [0.25, 0.3) is 0 Å². The van der Waals surface area contributed by atoms with E-state index in [4.69, 9.17) is 11.6 Å². The minimum absolute atomic E-state index is 0.890. The molecule has 0 unspecified atom stereocenters. The van der Waals surface area contributed by atoms with E-state index in [1.54, 1.807) is 0 Å². The third-order valence-electron chi connectivity index (χ3n) is 1.56. The summed E-state index contributed by atoms with van der Waals surface area (Å²) in [5, 5.41) is 0.890. The molecule has 0 fully saturated rings. The van der Waals surface area contributed by atoms with E-state index < -0.39 is 0 Å². The smallest absolute Gasteiger partial charge is 0.0446 e. The molecule has 0 aliphatic carbocycles. The highest BCUT2D eigenvalue weighted by Crippen LogP contribution is 2.20. The number of hydrogen-bond donors (Lipinski definition) is 0. The van der Waals surface area contributed by atoms with E-state index in [9.17, 15) is 0 Å². The van der Waals surface area contributed by atoms with Gasteiger partial charge in [0.1, 0.15) is 0 Å². The SMILES string of the molecule is CCCSCc1ccccc1Cl. The Morgan fingerprint density at radius 3 is 2.75 bits per heavy atom. The molecule has 0 saturated carbocycles. The summed E-state index contributed by atoms with van der Waals surface area (Å²) >= 11 is 7.93. The zero-order valence-corrected chi connectivity index (χ0v) is 8.79. The summed E-state index contributed by atoms with van der Waals surface area (Å²) in [6, 6.07) is 8.04. The molecule has 1 aromatic carbocycles. The van der Waals surface area contributed by atoms with Crippen molar-refractivity contribution in [1.29, 1.82) is 0 Å². The monoisotopic (exact) mass is 200 g/mol. The highest BCUT2D eigenvalue weighted by atomic mass is 35.5. The molecule has 0 N–H and O–H groups in total. The summed E-state index contributed by atoms with van der Waals surface area (Å²) in [4.78, 5) is 0. The minimum atomic E-state index is 0.890. The van der Waals surface area contributed by atoms with E-state index in [-0.39, 0.29) is 0 Å². The molecule has 0 atom stereocenters. The molecule has 0 spiro atoms. The zero-order chi connectivity index (χ0) is 8.81. The van der Waals surface area contributed by atoms with Crippen molar-refractivity contribution in [3.63, 3.8) is 0 Å². The Balaban J connectivity index is 2.46. The molecule has 0 aliphatic rings. The quantitative estimate of drug-likeness (QED) is 0.663. The fourth-order valence-electron chi connectivity index (χ4n) is 0.942. The fourth-order valence-corrected chi connectivity index (χ4v) is 2.13. The Kier molecular flexibility index (Phi) is 4.55. The lowest BCUT2D eigenvalue weighted by atomic mass is 10.2. The van der Waals surface area contributed by atoms with Crippen LogP contribution in [0.15, 0.2) is 24.3 Å². The summed E-state index contributed by atoms with van der Waals surface area (Å²) in [5.41, 5.74) is 1.25. The van der Waals surface area contributed by atoms with Crippen molar-refractivity contribution >= 4 is 23.4 Å². The van der Waals surface area contributed by atoms with E-state index in [1.807, 2.05) is 30.0 Å². The first-order valence-electron chi connectivity index (χ1n) is 4.15. The molecule has 1 rings (SSSR count). The largest absolute Gasteiger partial charge is 0.157 e. The van der Waals surface area contributed by atoms with E-state index in [0.29, 0.717) is 0 Å². The summed E-state index contributed by atoms with van der Waals surface area (Å²) in [7, 11) is 0. The number of halogens is 1. The highest BCUT2D eigenvalue weighted by molar-refractivity contribution is 7.98. The van der Waals surface area contributed by atoms with Crippen LogP contribution in [0, 0.1) is 0 Å². The first kappa shape index (κ1) is 9.94. The fraction of sp³-hybridized carbons (Fsp3) is 0.400. The minimum Gasteiger partial charge on any atom is -0.157 e. The van der Waals surface area contributed by atoms with Crippen LogP contribution in [0.3, 0.4) is 0 Å². The van der Waals surface area contributed by atoms with Crippen LogP contribution in [0.2, 0.25) is 5.02 Å². The molecular weight excluding hydrogens is 188 g/mol. The van der Waals surface area contributed by atoms with E-state index in [0.717, 1.165) is 10.8 Å². The lowest BCUT2D eigenvalue weighted by molar-refractivity contribution is 1.10. The van der Waals surface area contributed by atoms with Crippen molar-refractivity contribution in [2.45, 2.75) is 19.1 Å². The molecule has 66 valence electrons. The maximum absolute atomic E-state index is 5.99. The van der Waals surface area contributed by atoms with Gasteiger partial charge in [-0.25, -0.2) is 0 Å². The predicted molar refractivity (Wildman–Crippen MR) is 57.9 cm³/mol. The average molecular weight is 201 g/mol. The molecule has 0 amide bonds. The summed E-state index contributed by atoms with van der Waals surface area (Å²) in [5.74, 6) is 2.25. The maximum Gasteiger partial charge on any atom is 0.0446 e. The van der Waals surface area contributed by atoms with Gasteiger partial charge in [-0.15, -0.1) is 0 Å². The summed E-state index contributed by atoms with van der Waals surface area (Å²) in [6.07, 6.45) is 1.23. The molecule has 0 aromatic heterocycles. The average Bonchev–Trinajstić information content (AvgIpc) is 2.09. The third-order valence-corrected chi connectivity index (χ3v) is 3.14. The van der Waals surface area contributed by atoms with E-state index in [2.05, 4.69) is 13.0 Å². The van der Waals surface area contributed by atoms with Crippen LogP contribution in [0.1, 0.15) is 18.9 Å². The van der Waals surface area contributed by atoms with Crippen molar-refractivity contribution in [3.05, 3.63) is 34.9 Å². The number of hydrogen-bond acceptors (Lipinski definition) is 1. The summed E-state index contributed by atoms with van der Waals surface area (Å²) < 4.78 is 0. The van der Waals surface area contributed by atoms with Gasteiger partial charge in [-0.2, -0.15) is 11.8 Å². The van der Waals surface area contributed by atoms with Gasteiger partial charge in [0.2, 0.25) is 0 Å². The van der Waals surface area contributed by atoms with Crippen LogP contribution in [-0.2, 0) is 5.75 Å². The molecule has 0 heterocycles. The highest BCUT2D eigenvalue weighted by Gasteiger charge is 1.97. The van der Waals surface area contributed by atoms with Gasteiger partial charge >= 0.3 is 0 Å². The molecule has 2 heteroatoms. The molecule has 0 aliphatic heterocycles. The van der Waals surface area contributed by atoms with Crippen LogP contribution in [0.5, 0.6) is 0 Å². The van der Waals surface area contributed by atoms with Crippen LogP contribution in [0.4, 0.5) is 0 Å². The normalized spacial score (nSPS) is 10.2. The van der Waals surface area contributed by atoms with Gasteiger partial charge in [0, 0.05) is 10.8 Å². The standard InChI is InChI=1S/C10H13ClS/c1-2-7-12-8-9-5-3-4-6-10(9)11/h3-6H,2,7-8H2,1H3. The van der Waals surface area contributed by atoms with Gasteiger partial charge in [-0.1, -0.05) is 36.7 Å². The molecule has 0 nitrogen and oxygen atoms in total. The Morgan fingerprint density at radius 1 is 1.33 bits per heavy atom. The molecule has 0 radical (unpaired) electrons. The van der Waals surface area contributed by atoms with Crippen LogP contribution in [-0.4, -0.2) is 5.75 Å². The lowest BCUT2D eigenvalue weighted by Gasteiger charge is -2.01. The second-order valence-corrected chi connectivity index (χ2v) is 4.16. The Bertz CT molecular complexity index is 235. The predicted octanol–water partition coefficient (Wildman–Crippen LogP) is 3.98. The Hall–Kier alpha value is -0.140. The van der Waals surface area contributed by atoms with E-state index in [1.165, 1.54) is 17.7 Å². The topological polar surface area (TPSA) is 0 Å². The molecule has 12 heavy (non-hydrogen) atoms. The van der Waals surface area contributed by atoms with Crippen molar-refractivity contribution in [2.24, 2.45) is 0 Å². The van der Waals surface area contributed by atoms with Gasteiger partial charge in [0.15, 0.2) is 0 Å². The number of rotatable bonds is 4. The van der Waals surface area contributed by atoms with Crippen molar-refractivity contribution in [1.82, 2.24) is 0 Å². The second kappa shape index (κ2) is 5.50. The van der Waals surface area contributed by atoms with Gasteiger partial charge in [-0.05, 0) is 23.8 Å². The van der Waals surface area contributed by atoms with Crippen molar-refractivity contribution in [3.8, 4) is 0 Å². The van der Waals surface area contributed by atoms with Gasteiger partial charge < -0.3 is 0 Å². The maximum atomic E-state index is 5.99. The first-order valence-corrected chi connectivity index (χ1v) is 5.69. The Morgan fingerprint density at radius 2 is 2.08 bits per heavy atom. The molecule has 0 bridgehead atoms. The van der Waals surface area contributed by atoms with Crippen LogP contribution in [0.25, 0.3) is 0 Å². The molecule has 0 saturated heterocycles. The first-order chi connectivity index (χ1) is 5.84. The van der Waals surface area contributed by atoms with Gasteiger partial charge in [-0.3, -0.25) is 0 Å². The summed E-state index contributed by atoms with van der Waals surface area (Å²) in [6.45, 7) is 2.19. The number of benzene rings is 1. The molecule has 1 aromatic rings. The third kappa shape index (κ3) is 3.08. The van der Waals surface area contributed by atoms with Crippen molar-refractivity contribution in [2.75, 3.05) is 5.75 Å². The van der Waals surface area contributed by atoms with Gasteiger partial charge in [0.05, 0.1) is 0 Å². The lowest BCUT2D eigenvalue weighted by Crippen LogP contribution is -1.82. The van der Waals surface area contributed by atoms with Crippen LogP contribution < -0.4 is 0 Å². The van der Waals surface area contributed by atoms with Crippen molar-refractivity contribution < 1.29 is 0 Å². The number of thioether (sulfide) groups is 1. The van der Waals surface area contributed by atoms with Crippen LogP contribution >= 0.6 is 23.4 Å². The Labute approximate surface area is 83.3 Å². The second-order valence-electron chi connectivity index (χ2n) is 2.64. The zero-order valence-electron chi connectivity index (χ0n) is 7.22. The van der Waals surface area contributed by atoms with E-state index >= 15 is 0 Å².